The molecule has 0 bridgehead atoms. The maximum atomic E-state index is 13.7. The van der Waals surface area contributed by atoms with Crippen LogP contribution in [-0.2, 0) is 33.6 Å². The van der Waals surface area contributed by atoms with E-state index in [1.54, 1.807) is 27.7 Å². The number of rotatable bonds is 13. The molecule has 11 nitrogen and oxygen atoms in total. The molecule has 0 aromatic rings. The normalized spacial score (nSPS) is 16.5. The van der Waals surface area contributed by atoms with Crippen LogP contribution in [0.25, 0.3) is 0 Å². The monoisotopic (exact) mass is 603 g/mol. The van der Waals surface area contributed by atoms with Gasteiger partial charge in [-0.3, -0.25) is 19.0 Å². The summed E-state index contributed by atoms with van der Waals surface area (Å²) in [7, 11) is -8.04. The molecule has 0 heterocycles. The van der Waals surface area contributed by atoms with Crippen molar-refractivity contribution in [2.24, 2.45) is 10.8 Å². The minimum atomic E-state index is -4.67. The van der Waals surface area contributed by atoms with Gasteiger partial charge in [0.25, 0.3) is 5.91 Å². The molecule has 0 saturated heterocycles. The first kappa shape index (κ1) is 43.4. The van der Waals surface area contributed by atoms with Gasteiger partial charge in [0.1, 0.15) is 5.78 Å². The molecule has 2 N–H and O–H groups in total. The van der Waals surface area contributed by atoms with Crippen LogP contribution in [-0.4, -0.2) is 77.0 Å². The van der Waals surface area contributed by atoms with Crippen LogP contribution in [0.3, 0.4) is 0 Å². The minimum Gasteiger partial charge on any atom is -0.748 e. The van der Waals surface area contributed by atoms with E-state index < -0.39 is 68.9 Å². The van der Waals surface area contributed by atoms with Gasteiger partial charge < -0.3 is 19.5 Å². The Hall–Kier alpha value is 0.960. The van der Waals surface area contributed by atoms with Gasteiger partial charge in [-0.2, -0.15) is 5.06 Å². The van der Waals surface area contributed by atoms with Gasteiger partial charge in [0, 0.05) is 24.2 Å². The van der Waals surface area contributed by atoms with E-state index in [0.717, 1.165) is 0 Å². The molecule has 0 rings (SSSR count). The summed E-state index contributed by atoms with van der Waals surface area (Å²) in [6.45, 7) is 19.9. The van der Waals surface area contributed by atoms with Crippen molar-refractivity contribution in [1.82, 2.24) is 10.4 Å². The molecule has 0 fully saturated rings. The summed E-state index contributed by atoms with van der Waals surface area (Å²) in [6, 6.07) is 0. The van der Waals surface area contributed by atoms with Gasteiger partial charge in [-0.1, -0.05) is 20.8 Å². The number of nitrogens with zero attached hydrogens (tertiary/aromatic N) is 1. The summed E-state index contributed by atoms with van der Waals surface area (Å²) in [5, 5.41) is 13.6. The Bertz CT molecular complexity index is 946. The van der Waals surface area contributed by atoms with Crippen molar-refractivity contribution in [2.75, 3.05) is 19.0 Å². The van der Waals surface area contributed by atoms with Gasteiger partial charge in [-0.15, -0.1) is 0 Å². The molecule has 15 heteroatoms. The van der Waals surface area contributed by atoms with E-state index in [4.69, 9.17) is 9.36 Å². The van der Waals surface area contributed by atoms with Crippen molar-refractivity contribution in [3.63, 3.8) is 0 Å². The molecule has 0 aromatic heterocycles. The zero-order valence-corrected chi connectivity index (χ0v) is 31.5. The van der Waals surface area contributed by atoms with Crippen LogP contribution in [0, 0.1) is 10.8 Å². The third kappa shape index (κ3) is 14.7. The maximum Gasteiger partial charge on any atom is 1.00 e. The SMILES string of the molecule is CCOP(C)(=O)C(N(OC(CC(C)(C)C(=O)O)C(=O)NC(C)(C)CS(=O)(=O)[O-])C(C)(C)C)C(C)(C)C.[Na+].[Na+]. The first-order chi connectivity index (χ1) is 15.7. The number of amides is 1. The first-order valence-electron chi connectivity index (χ1n) is 11.8. The summed E-state index contributed by atoms with van der Waals surface area (Å²) in [5.41, 5.74) is -4.34. The first-order valence-corrected chi connectivity index (χ1v) is 15.5. The standard InChI is InChI=1S/C23H47N2O9PS.2Na/c1-13-33-35(12,29)18(20(2,3)4)25(21(5,6)7)34-16(14-22(8,9)19(27)28)17(26)24-23(10,11)15-36(30,31)32;;/h16,18H,13-15H2,1-12H3,(H,24,26)(H,27,28)(H,30,31,32);;/q;2*+1/p-1. The van der Waals surface area contributed by atoms with Gasteiger partial charge in [0.05, 0.1) is 27.9 Å². The zero-order valence-electron chi connectivity index (χ0n) is 25.8. The Morgan fingerprint density at radius 2 is 1.47 bits per heavy atom. The average molecular weight is 604 g/mol. The smallest absolute Gasteiger partial charge is 0.748 e. The molecular formula is C23H46N2Na2O9PS+. The summed E-state index contributed by atoms with van der Waals surface area (Å²) in [6.07, 6.45) is -1.71. The summed E-state index contributed by atoms with van der Waals surface area (Å²) in [5.74, 6) is -3.68. The van der Waals surface area contributed by atoms with Gasteiger partial charge in [0.15, 0.2) is 6.10 Å². The van der Waals surface area contributed by atoms with Crippen molar-refractivity contribution < 1.29 is 101 Å². The van der Waals surface area contributed by atoms with Crippen LogP contribution in [0.15, 0.2) is 0 Å². The third-order valence-electron chi connectivity index (χ3n) is 5.29. The predicted molar refractivity (Wildman–Crippen MR) is 138 cm³/mol. The second-order valence-electron chi connectivity index (χ2n) is 12.6. The fourth-order valence-corrected chi connectivity index (χ4v) is 7.71. The fourth-order valence-electron chi connectivity index (χ4n) is 3.91. The van der Waals surface area contributed by atoms with Gasteiger partial charge in [-0.25, -0.2) is 8.42 Å². The zero-order chi connectivity index (χ0) is 29.1. The van der Waals surface area contributed by atoms with E-state index in [1.165, 1.54) is 39.4 Å². The van der Waals surface area contributed by atoms with Gasteiger partial charge in [0.2, 0.25) is 7.37 Å². The summed E-state index contributed by atoms with van der Waals surface area (Å²) in [4.78, 5) is 31.5. The number of carboxylic acid groups (broad SMARTS) is 1. The van der Waals surface area contributed by atoms with Crippen molar-refractivity contribution >= 4 is 29.4 Å². The fraction of sp³-hybridized carbons (Fsp3) is 0.913. The Morgan fingerprint density at radius 1 is 1.03 bits per heavy atom. The Balaban J connectivity index is -0.00000612. The van der Waals surface area contributed by atoms with Crippen molar-refractivity contribution in [3.05, 3.63) is 0 Å². The van der Waals surface area contributed by atoms with E-state index in [2.05, 4.69) is 5.32 Å². The van der Waals surface area contributed by atoms with Crippen LogP contribution < -0.4 is 64.4 Å². The molecule has 1 amide bonds. The summed E-state index contributed by atoms with van der Waals surface area (Å²) >= 11 is 0. The average Bonchev–Trinajstić information content (AvgIpc) is 2.54. The van der Waals surface area contributed by atoms with Crippen molar-refractivity contribution in [3.8, 4) is 0 Å². The van der Waals surface area contributed by atoms with E-state index in [1.807, 2.05) is 20.8 Å². The molecule has 3 unspecified atom stereocenters. The number of nitrogens with one attached hydrogen (secondary N) is 1. The van der Waals surface area contributed by atoms with Crippen LogP contribution in [0.1, 0.15) is 82.6 Å². The van der Waals surface area contributed by atoms with Crippen LogP contribution in [0.2, 0.25) is 0 Å². The molecule has 0 aliphatic carbocycles. The van der Waals surface area contributed by atoms with Gasteiger partial charge in [-0.05, 0) is 60.8 Å². The quantitative estimate of drug-likeness (QED) is 0.101. The molecule has 214 valence electrons. The largest absolute Gasteiger partial charge is 1.00 e. The topological polar surface area (TPSA) is 162 Å². The molecule has 0 aliphatic rings. The Morgan fingerprint density at radius 3 is 1.79 bits per heavy atom. The number of hydroxylamine groups is 2. The number of aliphatic carboxylic acids is 1. The van der Waals surface area contributed by atoms with E-state index in [0.29, 0.717) is 0 Å². The third-order valence-corrected chi connectivity index (χ3v) is 9.01. The predicted octanol–water partition coefficient (Wildman–Crippen LogP) is -2.35. The van der Waals surface area contributed by atoms with Crippen molar-refractivity contribution in [2.45, 2.75) is 106 Å². The van der Waals surface area contributed by atoms with E-state index in [9.17, 15) is 32.2 Å². The molecule has 38 heavy (non-hydrogen) atoms. The van der Waals surface area contributed by atoms with Gasteiger partial charge >= 0.3 is 65.1 Å². The molecular weight excluding hydrogens is 557 g/mol. The second kappa shape index (κ2) is 15.4. The van der Waals surface area contributed by atoms with E-state index in [-0.39, 0.29) is 72.1 Å². The number of carbonyl (C=O) groups excluding carboxylic acids is 1. The van der Waals surface area contributed by atoms with Crippen LogP contribution in [0.4, 0.5) is 0 Å². The second-order valence-corrected chi connectivity index (χ2v) is 16.6. The molecule has 0 radical (unpaired) electrons. The number of hydrogen-bond donors (Lipinski definition) is 2. The minimum absolute atomic E-state index is 0. The number of carbonyl (C=O) groups is 2. The van der Waals surface area contributed by atoms with Crippen LogP contribution >= 0.6 is 7.37 Å². The molecule has 0 aromatic carbocycles. The number of carboxylic acids is 1. The molecule has 0 spiro atoms. The maximum absolute atomic E-state index is 13.7. The van der Waals surface area contributed by atoms with Crippen LogP contribution in [0.5, 0.6) is 0 Å². The Kier molecular flexibility index (Phi) is 17.6. The Labute approximate surface area is 273 Å². The molecule has 0 saturated carbocycles. The number of hydrogen-bond acceptors (Lipinski definition) is 9. The summed E-state index contributed by atoms with van der Waals surface area (Å²) < 4.78 is 53.4. The van der Waals surface area contributed by atoms with Crippen molar-refractivity contribution in [1.29, 1.82) is 0 Å². The molecule has 3 atom stereocenters. The molecule has 0 aliphatic heterocycles. The van der Waals surface area contributed by atoms with E-state index >= 15 is 0 Å².